The molecule has 0 atom stereocenters. The fraction of sp³-hybridized carbons (Fsp3) is 0.250. The number of carbonyl (C=O) groups excluding carboxylic acids is 1. The molecule has 2 aromatic rings. The van der Waals surface area contributed by atoms with Gasteiger partial charge in [0.05, 0.1) is 4.90 Å². The monoisotopic (exact) mass is 334 g/mol. The number of primary sulfonamides is 1. The number of carbonyl (C=O) groups is 1. The van der Waals surface area contributed by atoms with Crippen LogP contribution >= 0.6 is 0 Å². The van der Waals surface area contributed by atoms with Crippen molar-refractivity contribution in [1.29, 1.82) is 0 Å². The van der Waals surface area contributed by atoms with Crippen LogP contribution in [0.15, 0.2) is 41.3 Å². The number of sulfonamides is 1. The highest BCUT2D eigenvalue weighted by Gasteiger charge is 2.16. The Bertz CT molecular complexity index is 820. The van der Waals surface area contributed by atoms with Gasteiger partial charge < -0.3 is 5.32 Å². The van der Waals surface area contributed by atoms with E-state index in [-0.39, 0.29) is 17.3 Å². The summed E-state index contributed by atoms with van der Waals surface area (Å²) in [4.78, 5) is 12.2. The van der Waals surface area contributed by atoms with Crippen LogP contribution in [0.3, 0.4) is 0 Å². The van der Waals surface area contributed by atoms with Crippen molar-refractivity contribution in [2.75, 3.05) is 5.32 Å². The van der Waals surface area contributed by atoms with Gasteiger partial charge >= 0.3 is 0 Å². The predicted molar refractivity (Wildman–Crippen MR) is 87.3 cm³/mol. The molecule has 1 aromatic heterocycles. The Morgan fingerprint density at radius 3 is 2.09 bits per heavy atom. The molecule has 0 radical (unpaired) electrons. The number of rotatable bonds is 4. The number of amides is 1. The number of hydrogen-bond donors (Lipinski definition) is 2. The van der Waals surface area contributed by atoms with Crippen molar-refractivity contribution in [2.24, 2.45) is 5.14 Å². The fourth-order valence-electron chi connectivity index (χ4n) is 2.46. The molecule has 0 saturated carbocycles. The van der Waals surface area contributed by atoms with E-state index in [1.807, 2.05) is 37.5 Å². The van der Waals surface area contributed by atoms with Gasteiger partial charge in [-0.15, -0.1) is 0 Å². The van der Waals surface area contributed by atoms with Crippen molar-refractivity contribution >= 4 is 21.6 Å². The Morgan fingerprint density at radius 2 is 1.61 bits per heavy atom. The smallest absolute Gasteiger partial charge is 0.290 e. The molecule has 1 amide bonds. The van der Waals surface area contributed by atoms with E-state index in [0.717, 1.165) is 17.0 Å². The van der Waals surface area contributed by atoms with Crippen LogP contribution in [0.5, 0.6) is 0 Å². The van der Waals surface area contributed by atoms with Gasteiger partial charge in [0.2, 0.25) is 16.6 Å². The topological polar surface area (TPSA) is 93.1 Å². The second kappa shape index (κ2) is 6.47. The highest BCUT2D eigenvalue weighted by atomic mass is 32.2. The van der Waals surface area contributed by atoms with E-state index in [9.17, 15) is 13.2 Å². The van der Waals surface area contributed by atoms with Crippen molar-refractivity contribution in [2.45, 2.75) is 32.2 Å². The van der Waals surface area contributed by atoms with E-state index < -0.39 is 10.0 Å². The van der Waals surface area contributed by atoms with Gasteiger partial charge in [-0.2, -0.15) is 4.57 Å². The van der Waals surface area contributed by atoms with Gasteiger partial charge in [0, 0.05) is 31.7 Å². The summed E-state index contributed by atoms with van der Waals surface area (Å²) >= 11 is 0. The maximum Gasteiger partial charge on any atom is 0.290 e. The first-order valence-electron chi connectivity index (χ1n) is 7.07. The summed E-state index contributed by atoms with van der Waals surface area (Å²) in [6, 6.07) is 9.78. The van der Waals surface area contributed by atoms with Gasteiger partial charge in [0.25, 0.3) is 5.91 Å². The lowest BCUT2D eigenvalue weighted by Gasteiger charge is -2.07. The normalized spacial score (nSPS) is 11.3. The van der Waals surface area contributed by atoms with Crippen LogP contribution in [0.25, 0.3) is 0 Å². The number of nitrogens with two attached hydrogens (primary N) is 1. The SMILES string of the molecule is Cc1cc(C)[n+](CC(=O)Nc2ccc(S(N)(=O)=O)cc2)c(C)c1. The van der Waals surface area contributed by atoms with Crippen LogP contribution in [-0.2, 0) is 21.4 Å². The van der Waals surface area contributed by atoms with Gasteiger partial charge in [0.15, 0.2) is 11.4 Å². The van der Waals surface area contributed by atoms with Gasteiger partial charge in [-0.25, -0.2) is 13.6 Å². The van der Waals surface area contributed by atoms with Crippen molar-refractivity contribution in [3.05, 3.63) is 53.3 Å². The summed E-state index contributed by atoms with van der Waals surface area (Å²) in [5.74, 6) is -0.187. The average Bonchev–Trinajstić information content (AvgIpc) is 2.42. The van der Waals surface area contributed by atoms with E-state index in [1.54, 1.807) is 0 Å². The largest absolute Gasteiger partial charge is 0.321 e. The number of benzene rings is 1. The molecule has 0 aliphatic heterocycles. The highest BCUT2D eigenvalue weighted by molar-refractivity contribution is 7.89. The van der Waals surface area contributed by atoms with Crippen LogP contribution in [0.4, 0.5) is 5.69 Å². The van der Waals surface area contributed by atoms with Crippen LogP contribution in [0, 0.1) is 20.8 Å². The zero-order chi connectivity index (χ0) is 17.2. The first-order chi connectivity index (χ1) is 10.7. The van der Waals surface area contributed by atoms with Crippen molar-refractivity contribution in [3.8, 4) is 0 Å². The van der Waals surface area contributed by atoms with E-state index in [4.69, 9.17) is 5.14 Å². The summed E-state index contributed by atoms with van der Waals surface area (Å²) in [6.45, 7) is 6.11. The lowest BCUT2D eigenvalue weighted by atomic mass is 10.2. The molecule has 7 heteroatoms. The molecule has 0 unspecified atom stereocenters. The molecule has 0 bridgehead atoms. The summed E-state index contributed by atoms with van der Waals surface area (Å²) in [6.07, 6.45) is 0. The number of nitrogens with one attached hydrogen (secondary N) is 1. The highest BCUT2D eigenvalue weighted by Crippen LogP contribution is 2.12. The maximum atomic E-state index is 12.2. The second-order valence-electron chi connectivity index (χ2n) is 5.52. The molecular formula is C16H20N3O3S+. The molecule has 122 valence electrons. The van der Waals surface area contributed by atoms with E-state index in [1.165, 1.54) is 24.3 Å². The van der Waals surface area contributed by atoms with E-state index >= 15 is 0 Å². The molecule has 0 aliphatic rings. The van der Waals surface area contributed by atoms with Crippen LogP contribution < -0.4 is 15.0 Å². The zero-order valence-electron chi connectivity index (χ0n) is 13.3. The van der Waals surface area contributed by atoms with Gasteiger partial charge in [-0.05, 0) is 36.8 Å². The van der Waals surface area contributed by atoms with Crippen LogP contribution in [0.1, 0.15) is 17.0 Å². The summed E-state index contributed by atoms with van der Waals surface area (Å²) < 4.78 is 24.3. The zero-order valence-corrected chi connectivity index (χ0v) is 14.1. The number of hydrogen-bond acceptors (Lipinski definition) is 3. The first kappa shape index (κ1) is 17.1. The minimum atomic E-state index is -3.73. The minimum absolute atomic E-state index is 0.00935. The fourth-order valence-corrected chi connectivity index (χ4v) is 2.97. The van der Waals surface area contributed by atoms with Gasteiger partial charge in [-0.3, -0.25) is 4.79 Å². The molecule has 6 nitrogen and oxygen atoms in total. The molecule has 0 aliphatic carbocycles. The number of pyridine rings is 1. The summed E-state index contributed by atoms with van der Waals surface area (Å²) in [7, 11) is -3.73. The standard InChI is InChI=1S/C16H19N3O3S/c1-11-8-12(2)19(13(3)9-11)10-16(20)18-14-4-6-15(7-5-14)23(17,21)22/h4-9H,10H2,1-3H3,(H2-,17,18,20,21,22)/p+1. The minimum Gasteiger partial charge on any atom is -0.321 e. The molecule has 0 spiro atoms. The molecule has 0 fully saturated rings. The Morgan fingerprint density at radius 1 is 1.09 bits per heavy atom. The molecular weight excluding hydrogens is 314 g/mol. The van der Waals surface area contributed by atoms with Crippen molar-refractivity contribution in [3.63, 3.8) is 0 Å². The number of anilines is 1. The summed E-state index contributed by atoms with van der Waals surface area (Å²) in [5.41, 5.74) is 3.67. The quantitative estimate of drug-likeness (QED) is 0.822. The number of nitrogens with zero attached hydrogens (tertiary/aromatic N) is 1. The molecule has 2 rings (SSSR count). The molecule has 0 saturated heterocycles. The maximum absolute atomic E-state index is 12.2. The van der Waals surface area contributed by atoms with Crippen molar-refractivity contribution < 1.29 is 17.8 Å². The second-order valence-corrected chi connectivity index (χ2v) is 7.08. The Labute approximate surface area is 136 Å². The predicted octanol–water partition coefficient (Wildman–Crippen LogP) is 1.19. The average molecular weight is 334 g/mol. The Kier molecular flexibility index (Phi) is 4.82. The number of aryl methyl sites for hydroxylation is 3. The third-order valence-electron chi connectivity index (χ3n) is 3.49. The molecule has 3 N–H and O–H groups in total. The molecule has 1 heterocycles. The van der Waals surface area contributed by atoms with Gasteiger partial charge in [0.1, 0.15) is 0 Å². The Hall–Kier alpha value is -2.25. The third kappa shape index (κ3) is 4.37. The number of aromatic nitrogens is 1. The van der Waals surface area contributed by atoms with Crippen LogP contribution in [-0.4, -0.2) is 14.3 Å². The summed E-state index contributed by atoms with van der Waals surface area (Å²) in [5, 5.41) is 7.78. The van der Waals surface area contributed by atoms with Gasteiger partial charge in [-0.1, -0.05) is 0 Å². The lowest BCUT2D eigenvalue weighted by molar-refractivity contribution is -0.696. The molecule has 23 heavy (non-hydrogen) atoms. The lowest BCUT2D eigenvalue weighted by Crippen LogP contribution is -2.45. The first-order valence-corrected chi connectivity index (χ1v) is 8.62. The van der Waals surface area contributed by atoms with E-state index in [2.05, 4.69) is 5.32 Å². The molecule has 1 aromatic carbocycles. The van der Waals surface area contributed by atoms with E-state index in [0.29, 0.717) is 5.69 Å². The Balaban J connectivity index is 2.11. The van der Waals surface area contributed by atoms with Crippen LogP contribution in [0.2, 0.25) is 0 Å². The third-order valence-corrected chi connectivity index (χ3v) is 4.42. The van der Waals surface area contributed by atoms with Crippen molar-refractivity contribution in [1.82, 2.24) is 0 Å².